The average molecular weight is 257 g/mol. The molecule has 0 fully saturated rings. The molecule has 0 radical (unpaired) electrons. The lowest BCUT2D eigenvalue weighted by molar-refractivity contribution is 0.440. The van der Waals surface area contributed by atoms with Gasteiger partial charge in [-0.05, 0) is 43.9 Å². The summed E-state index contributed by atoms with van der Waals surface area (Å²) in [6, 6.07) is 10.3. The molecule has 0 aromatic heterocycles. The second kappa shape index (κ2) is 5.27. The van der Waals surface area contributed by atoms with E-state index in [0.717, 1.165) is 11.4 Å². The number of hydrogen-bond acceptors (Lipinski definition) is 2. The molecular formula is C15H19NOSi. The van der Waals surface area contributed by atoms with Gasteiger partial charge in [-0.1, -0.05) is 24.3 Å². The van der Waals surface area contributed by atoms with Gasteiger partial charge in [-0.3, -0.25) is 0 Å². The van der Waals surface area contributed by atoms with Gasteiger partial charge in [-0.25, -0.2) is 0 Å². The van der Waals surface area contributed by atoms with Gasteiger partial charge in [0, 0.05) is 18.1 Å². The van der Waals surface area contributed by atoms with Gasteiger partial charge in [0.25, 0.3) is 0 Å². The SMILES string of the molecule is C[Si](C)(C)OC1=CN(c2ccccc2)C=CC=C1. The topological polar surface area (TPSA) is 12.5 Å². The summed E-state index contributed by atoms with van der Waals surface area (Å²) in [6.07, 6.45) is 10.1. The van der Waals surface area contributed by atoms with E-state index in [1.165, 1.54) is 0 Å². The Hall–Kier alpha value is -1.74. The van der Waals surface area contributed by atoms with Gasteiger partial charge < -0.3 is 9.33 Å². The van der Waals surface area contributed by atoms with Crippen molar-refractivity contribution in [3.05, 3.63) is 66.7 Å². The van der Waals surface area contributed by atoms with Crippen LogP contribution >= 0.6 is 0 Å². The lowest BCUT2D eigenvalue weighted by Gasteiger charge is -2.22. The molecule has 0 N–H and O–H groups in total. The molecule has 0 saturated carbocycles. The lowest BCUT2D eigenvalue weighted by atomic mass is 10.3. The molecule has 1 aliphatic rings. The zero-order valence-corrected chi connectivity index (χ0v) is 12.1. The Morgan fingerprint density at radius 2 is 1.72 bits per heavy atom. The van der Waals surface area contributed by atoms with E-state index >= 15 is 0 Å². The van der Waals surface area contributed by atoms with Crippen LogP contribution in [0.2, 0.25) is 19.6 Å². The van der Waals surface area contributed by atoms with Gasteiger partial charge >= 0.3 is 0 Å². The predicted molar refractivity (Wildman–Crippen MR) is 79.7 cm³/mol. The highest BCUT2D eigenvalue weighted by atomic mass is 28.4. The molecule has 2 nitrogen and oxygen atoms in total. The molecule has 94 valence electrons. The van der Waals surface area contributed by atoms with Gasteiger partial charge in [0.2, 0.25) is 8.32 Å². The Morgan fingerprint density at radius 1 is 1.00 bits per heavy atom. The van der Waals surface area contributed by atoms with Crippen molar-refractivity contribution in [1.29, 1.82) is 0 Å². The highest BCUT2D eigenvalue weighted by Gasteiger charge is 2.17. The third kappa shape index (κ3) is 3.63. The summed E-state index contributed by atoms with van der Waals surface area (Å²) >= 11 is 0. The molecule has 1 aromatic rings. The Labute approximate surface area is 110 Å². The molecule has 1 aliphatic heterocycles. The van der Waals surface area contributed by atoms with Crippen LogP contribution in [0.1, 0.15) is 0 Å². The number of benzene rings is 1. The summed E-state index contributed by atoms with van der Waals surface area (Å²) in [4.78, 5) is 2.08. The van der Waals surface area contributed by atoms with E-state index < -0.39 is 8.32 Å². The molecule has 0 amide bonds. The first-order valence-corrected chi connectivity index (χ1v) is 9.54. The molecule has 0 atom stereocenters. The number of nitrogens with zero attached hydrogens (tertiary/aromatic N) is 1. The van der Waals surface area contributed by atoms with Crippen LogP contribution in [0.5, 0.6) is 0 Å². The fourth-order valence-electron chi connectivity index (χ4n) is 1.69. The molecule has 3 heteroatoms. The second-order valence-corrected chi connectivity index (χ2v) is 9.62. The second-order valence-electron chi connectivity index (χ2n) is 5.19. The fraction of sp³-hybridized carbons (Fsp3) is 0.200. The van der Waals surface area contributed by atoms with Crippen molar-refractivity contribution < 1.29 is 4.43 Å². The summed E-state index contributed by atoms with van der Waals surface area (Å²) in [6.45, 7) is 6.56. The van der Waals surface area contributed by atoms with Crippen LogP contribution in [0.25, 0.3) is 0 Å². The van der Waals surface area contributed by atoms with Crippen molar-refractivity contribution in [1.82, 2.24) is 0 Å². The minimum absolute atomic E-state index is 0.919. The summed E-state index contributed by atoms with van der Waals surface area (Å²) in [5, 5.41) is 0. The zero-order chi connectivity index (χ0) is 13.0. The van der Waals surface area contributed by atoms with Crippen LogP contribution in [-0.2, 0) is 4.43 Å². The smallest absolute Gasteiger partial charge is 0.242 e. The lowest BCUT2D eigenvalue weighted by Crippen LogP contribution is -2.25. The average Bonchev–Trinajstić information content (AvgIpc) is 2.54. The van der Waals surface area contributed by atoms with Crippen molar-refractivity contribution in [3.63, 3.8) is 0 Å². The van der Waals surface area contributed by atoms with Gasteiger partial charge in [0.1, 0.15) is 5.76 Å². The quantitative estimate of drug-likeness (QED) is 0.750. The third-order valence-electron chi connectivity index (χ3n) is 2.36. The molecule has 0 saturated heterocycles. The van der Waals surface area contributed by atoms with E-state index in [4.69, 9.17) is 4.43 Å². The molecule has 0 unspecified atom stereocenters. The van der Waals surface area contributed by atoms with Crippen LogP contribution in [-0.4, -0.2) is 8.32 Å². The predicted octanol–water partition coefficient (Wildman–Crippen LogP) is 4.27. The van der Waals surface area contributed by atoms with Crippen molar-refractivity contribution in [2.75, 3.05) is 4.90 Å². The van der Waals surface area contributed by atoms with E-state index in [2.05, 4.69) is 36.7 Å². The molecule has 0 spiro atoms. The fourth-order valence-corrected chi connectivity index (χ4v) is 2.52. The molecule has 0 aliphatic carbocycles. The molecular weight excluding hydrogens is 238 g/mol. The van der Waals surface area contributed by atoms with Gasteiger partial charge in [-0.2, -0.15) is 0 Å². The van der Waals surface area contributed by atoms with Crippen LogP contribution < -0.4 is 4.90 Å². The Balaban J connectivity index is 2.24. The van der Waals surface area contributed by atoms with Crippen molar-refractivity contribution in [3.8, 4) is 0 Å². The van der Waals surface area contributed by atoms with E-state index in [0.29, 0.717) is 0 Å². The number of allylic oxidation sites excluding steroid dienone is 3. The Bertz CT molecular complexity index is 483. The van der Waals surface area contributed by atoms with Crippen LogP contribution in [0, 0.1) is 0 Å². The third-order valence-corrected chi connectivity index (χ3v) is 3.21. The Morgan fingerprint density at radius 3 is 2.39 bits per heavy atom. The standard InChI is InChI=1S/C15H19NOSi/c1-18(2,3)17-15-11-7-8-12-16(13-15)14-9-5-4-6-10-14/h4-13H,1-3H3. The van der Waals surface area contributed by atoms with Crippen LogP contribution in [0.15, 0.2) is 66.7 Å². The van der Waals surface area contributed by atoms with E-state index in [9.17, 15) is 0 Å². The molecule has 1 aromatic carbocycles. The monoisotopic (exact) mass is 257 g/mol. The molecule has 2 rings (SSSR count). The van der Waals surface area contributed by atoms with Gasteiger partial charge in [-0.15, -0.1) is 0 Å². The number of anilines is 1. The summed E-state index contributed by atoms with van der Waals surface area (Å²) in [7, 11) is -1.57. The summed E-state index contributed by atoms with van der Waals surface area (Å²) in [5.74, 6) is 0.919. The number of para-hydroxylation sites is 1. The molecule has 18 heavy (non-hydrogen) atoms. The van der Waals surface area contributed by atoms with Gasteiger partial charge in [0.15, 0.2) is 0 Å². The van der Waals surface area contributed by atoms with Crippen molar-refractivity contribution in [2.24, 2.45) is 0 Å². The van der Waals surface area contributed by atoms with Crippen molar-refractivity contribution >= 4 is 14.0 Å². The van der Waals surface area contributed by atoms with E-state index in [1.54, 1.807) is 0 Å². The maximum atomic E-state index is 6.04. The minimum atomic E-state index is -1.57. The highest BCUT2D eigenvalue weighted by Crippen LogP contribution is 2.20. The van der Waals surface area contributed by atoms with E-state index in [1.807, 2.05) is 48.8 Å². The first kappa shape index (κ1) is 12.7. The first-order valence-electron chi connectivity index (χ1n) is 6.14. The van der Waals surface area contributed by atoms with Crippen LogP contribution in [0.3, 0.4) is 0 Å². The normalized spacial score (nSPS) is 15.3. The number of hydrogen-bond donors (Lipinski definition) is 0. The number of rotatable bonds is 3. The largest absolute Gasteiger partial charge is 0.543 e. The maximum absolute atomic E-state index is 6.04. The van der Waals surface area contributed by atoms with Gasteiger partial charge in [0.05, 0.1) is 0 Å². The maximum Gasteiger partial charge on any atom is 0.242 e. The molecule has 0 bridgehead atoms. The minimum Gasteiger partial charge on any atom is -0.543 e. The summed E-state index contributed by atoms with van der Waals surface area (Å²) < 4.78 is 6.04. The summed E-state index contributed by atoms with van der Waals surface area (Å²) in [5.41, 5.74) is 1.13. The van der Waals surface area contributed by atoms with Crippen molar-refractivity contribution in [2.45, 2.75) is 19.6 Å². The van der Waals surface area contributed by atoms with E-state index in [-0.39, 0.29) is 0 Å². The zero-order valence-electron chi connectivity index (χ0n) is 11.1. The van der Waals surface area contributed by atoms with Crippen LogP contribution in [0.4, 0.5) is 5.69 Å². The highest BCUT2D eigenvalue weighted by molar-refractivity contribution is 6.70. The molecule has 1 heterocycles. The Kier molecular flexibility index (Phi) is 3.72. The first-order chi connectivity index (χ1) is 8.54.